The van der Waals surface area contributed by atoms with E-state index in [-0.39, 0.29) is 11.8 Å². The van der Waals surface area contributed by atoms with Crippen LogP contribution in [0.1, 0.15) is 28.4 Å². The minimum Gasteiger partial charge on any atom is -0.350 e. The molecular formula is C19H21ClN2O2. The Morgan fingerprint density at radius 3 is 2.54 bits per heavy atom. The quantitative estimate of drug-likeness (QED) is 0.872. The largest absolute Gasteiger partial charge is 0.350 e. The molecule has 0 saturated carbocycles. The standard InChI is InChI=1S/C19H21ClN2O2/c1-14-5-3-6-16(11-14)13-22(15(2)23)10-9-21-19(24)17-7-4-8-18(20)12-17/h3-8,11-12H,9-10,13H2,1-2H3,(H,21,24). The summed E-state index contributed by atoms with van der Waals surface area (Å²) in [6.45, 7) is 4.93. The van der Waals surface area contributed by atoms with Gasteiger partial charge in [0.15, 0.2) is 0 Å². The van der Waals surface area contributed by atoms with E-state index >= 15 is 0 Å². The van der Waals surface area contributed by atoms with Crippen LogP contribution in [0.5, 0.6) is 0 Å². The molecular weight excluding hydrogens is 324 g/mol. The molecule has 0 bridgehead atoms. The van der Waals surface area contributed by atoms with Crippen LogP contribution in [0.3, 0.4) is 0 Å². The van der Waals surface area contributed by atoms with Crippen LogP contribution < -0.4 is 5.32 Å². The second-order valence-electron chi connectivity index (χ2n) is 5.70. The Morgan fingerprint density at radius 1 is 1.12 bits per heavy atom. The first-order chi connectivity index (χ1) is 11.5. The van der Waals surface area contributed by atoms with Crippen LogP contribution in [0, 0.1) is 6.92 Å². The molecule has 24 heavy (non-hydrogen) atoms. The van der Waals surface area contributed by atoms with Gasteiger partial charge in [0, 0.05) is 37.1 Å². The smallest absolute Gasteiger partial charge is 0.251 e. The summed E-state index contributed by atoms with van der Waals surface area (Å²) < 4.78 is 0. The first-order valence-electron chi connectivity index (χ1n) is 7.80. The van der Waals surface area contributed by atoms with Gasteiger partial charge < -0.3 is 10.2 Å². The van der Waals surface area contributed by atoms with Crippen molar-refractivity contribution in [1.82, 2.24) is 10.2 Å². The zero-order valence-electron chi connectivity index (χ0n) is 13.9. The van der Waals surface area contributed by atoms with E-state index in [1.807, 2.05) is 25.1 Å². The van der Waals surface area contributed by atoms with Crippen molar-refractivity contribution in [2.24, 2.45) is 0 Å². The van der Waals surface area contributed by atoms with Gasteiger partial charge in [0.25, 0.3) is 5.91 Å². The lowest BCUT2D eigenvalue weighted by molar-refractivity contribution is -0.129. The molecule has 0 heterocycles. The van der Waals surface area contributed by atoms with E-state index < -0.39 is 0 Å². The Kier molecular flexibility index (Phi) is 6.38. The fraction of sp³-hybridized carbons (Fsp3) is 0.263. The van der Waals surface area contributed by atoms with Crippen molar-refractivity contribution in [3.8, 4) is 0 Å². The van der Waals surface area contributed by atoms with Gasteiger partial charge in [-0.2, -0.15) is 0 Å². The fourth-order valence-electron chi connectivity index (χ4n) is 2.41. The van der Waals surface area contributed by atoms with Crippen molar-refractivity contribution >= 4 is 23.4 Å². The number of hydrogen-bond donors (Lipinski definition) is 1. The second kappa shape index (κ2) is 8.50. The van der Waals surface area contributed by atoms with Crippen LogP contribution in [-0.4, -0.2) is 29.8 Å². The maximum Gasteiger partial charge on any atom is 0.251 e. The molecule has 2 aromatic rings. The van der Waals surface area contributed by atoms with E-state index in [1.54, 1.807) is 29.2 Å². The number of carbonyl (C=O) groups is 2. The second-order valence-corrected chi connectivity index (χ2v) is 6.13. The number of amides is 2. The molecule has 0 unspecified atom stereocenters. The lowest BCUT2D eigenvalue weighted by Gasteiger charge is -2.21. The van der Waals surface area contributed by atoms with E-state index in [2.05, 4.69) is 11.4 Å². The van der Waals surface area contributed by atoms with Crippen molar-refractivity contribution in [2.45, 2.75) is 20.4 Å². The number of hydrogen-bond acceptors (Lipinski definition) is 2. The van der Waals surface area contributed by atoms with Gasteiger partial charge in [0.2, 0.25) is 5.91 Å². The van der Waals surface area contributed by atoms with Crippen LogP contribution in [0.2, 0.25) is 5.02 Å². The molecule has 0 atom stereocenters. The number of nitrogens with zero attached hydrogens (tertiary/aromatic N) is 1. The molecule has 0 spiro atoms. The zero-order chi connectivity index (χ0) is 17.5. The molecule has 0 radical (unpaired) electrons. The molecule has 2 amide bonds. The molecule has 2 aromatic carbocycles. The maximum atomic E-state index is 12.1. The van der Waals surface area contributed by atoms with Gasteiger partial charge in [-0.25, -0.2) is 0 Å². The van der Waals surface area contributed by atoms with E-state index in [4.69, 9.17) is 11.6 Å². The minimum atomic E-state index is -0.198. The highest BCUT2D eigenvalue weighted by atomic mass is 35.5. The molecule has 0 aromatic heterocycles. The molecule has 0 aliphatic heterocycles. The topological polar surface area (TPSA) is 49.4 Å². The number of carbonyl (C=O) groups excluding carboxylic acids is 2. The zero-order valence-corrected chi connectivity index (χ0v) is 14.6. The molecule has 5 heteroatoms. The lowest BCUT2D eigenvalue weighted by atomic mass is 10.1. The van der Waals surface area contributed by atoms with Gasteiger partial charge in [0.1, 0.15) is 0 Å². The summed E-state index contributed by atoms with van der Waals surface area (Å²) in [6.07, 6.45) is 0. The van der Waals surface area contributed by atoms with Crippen LogP contribution in [0.15, 0.2) is 48.5 Å². The van der Waals surface area contributed by atoms with Crippen molar-refractivity contribution in [3.63, 3.8) is 0 Å². The van der Waals surface area contributed by atoms with Crippen molar-refractivity contribution in [3.05, 3.63) is 70.2 Å². The average Bonchev–Trinajstić information content (AvgIpc) is 2.53. The molecule has 126 valence electrons. The van der Waals surface area contributed by atoms with Crippen LogP contribution >= 0.6 is 11.6 Å². The maximum absolute atomic E-state index is 12.1. The molecule has 0 aliphatic carbocycles. The Hall–Kier alpha value is -2.33. The molecule has 1 N–H and O–H groups in total. The Bertz CT molecular complexity index is 731. The summed E-state index contributed by atoms with van der Waals surface area (Å²) in [7, 11) is 0. The summed E-state index contributed by atoms with van der Waals surface area (Å²) in [6, 6.07) is 14.8. The van der Waals surface area contributed by atoms with Crippen LogP contribution in [-0.2, 0) is 11.3 Å². The van der Waals surface area contributed by atoms with Gasteiger partial charge in [-0.15, -0.1) is 0 Å². The van der Waals surface area contributed by atoms with Gasteiger partial charge in [-0.3, -0.25) is 9.59 Å². The first kappa shape index (κ1) is 18.0. The fourth-order valence-corrected chi connectivity index (χ4v) is 2.61. The van der Waals surface area contributed by atoms with Crippen LogP contribution in [0.25, 0.3) is 0 Å². The van der Waals surface area contributed by atoms with Crippen molar-refractivity contribution < 1.29 is 9.59 Å². The van der Waals surface area contributed by atoms with Crippen molar-refractivity contribution in [2.75, 3.05) is 13.1 Å². The van der Waals surface area contributed by atoms with Gasteiger partial charge in [-0.1, -0.05) is 47.5 Å². The van der Waals surface area contributed by atoms with Crippen molar-refractivity contribution in [1.29, 1.82) is 0 Å². The Morgan fingerprint density at radius 2 is 1.88 bits per heavy atom. The van der Waals surface area contributed by atoms with Crippen LogP contribution in [0.4, 0.5) is 0 Å². The number of nitrogens with one attached hydrogen (secondary N) is 1. The Balaban J connectivity index is 1.90. The number of aryl methyl sites for hydroxylation is 1. The van der Waals surface area contributed by atoms with Gasteiger partial charge in [-0.05, 0) is 30.7 Å². The third-order valence-electron chi connectivity index (χ3n) is 3.66. The molecule has 2 rings (SSSR count). The van der Waals surface area contributed by atoms with E-state index in [9.17, 15) is 9.59 Å². The summed E-state index contributed by atoms with van der Waals surface area (Å²) in [4.78, 5) is 25.6. The normalized spacial score (nSPS) is 10.3. The number of halogens is 1. The van der Waals surface area contributed by atoms with E-state index in [0.717, 1.165) is 11.1 Å². The van der Waals surface area contributed by atoms with Gasteiger partial charge in [0.05, 0.1) is 0 Å². The minimum absolute atomic E-state index is 0.0199. The van der Waals surface area contributed by atoms with E-state index in [0.29, 0.717) is 30.2 Å². The third-order valence-corrected chi connectivity index (χ3v) is 3.89. The predicted molar refractivity (Wildman–Crippen MR) is 96.1 cm³/mol. The monoisotopic (exact) mass is 344 g/mol. The number of benzene rings is 2. The summed E-state index contributed by atoms with van der Waals surface area (Å²) in [5, 5.41) is 3.34. The molecule has 0 aliphatic rings. The number of rotatable bonds is 6. The molecule has 0 saturated heterocycles. The molecule has 0 fully saturated rings. The highest BCUT2D eigenvalue weighted by Crippen LogP contribution is 2.10. The highest BCUT2D eigenvalue weighted by Gasteiger charge is 2.11. The summed E-state index contributed by atoms with van der Waals surface area (Å²) in [5.74, 6) is -0.218. The highest BCUT2D eigenvalue weighted by molar-refractivity contribution is 6.30. The third kappa shape index (κ3) is 5.39. The van der Waals surface area contributed by atoms with Gasteiger partial charge >= 0.3 is 0 Å². The first-order valence-corrected chi connectivity index (χ1v) is 8.18. The summed E-state index contributed by atoms with van der Waals surface area (Å²) in [5.41, 5.74) is 2.74. The average molecular weight is 345 g/mol. The Labute approximate surface area is 147 Å². The summed E-state index contributed by atoms with van der Waals surface area (Å²) >= 11 is 5.89. The van der Waals surface area contributed by atoms with E-state index in [1.165, 1.54) is 6.92 Å². The SMILES string of the molecule is CC(=O)N(CCNC(=O)c1cccc(Cl)c1)Cc1cccc(C)c1. The predicted octanol–water partition coefficient (Wildman–Crippen LogP) is 3.43. The molecule has 4 nitrogen and oxygen atoms in total. The lowest BCUT2D eigenvalue weighted by Crippen LogP contribution is -2.37.